The zero-order valence-electron chi connectivity index (χ0n) is 53.1. The summed E-state index contributed by atoms with van der Waals surface area (Å²) in [6.07, 6.45) is 78.7. The second kappa shape index (κ2) is 59.4. The number of ether oxygens (including phenoxy) is 1. The van der Waals surface area contributed by atoms with Gasteiger partial charge in [-0.25, -0.2) is 4.57 Å². The summed E-state index contributed by atoms with van der Waals surface area (Å²) in [5.74, 6) is -0.515. The van der Waals surface area contributed by atoms with E-state index in [1.165, 1.54) is 161 Å². The Bertz CT molecular complexity index is 1640. The molecular formula is C70H128N2O7P+. The van der Waals surface area contributed by atoms with Crippen molar-refractivity contribution in [1.29, 1.82) is 0 Å². The average Bonchev–Trinajstić information content (AvgIpc) is 3.42. The molecule has 0 rings (SSSR count). The number of unbranched alkanes of at least 4 members (excludes halogenated alkanes) is 32. The molecule has 0 aliphatic rings. The van der Waals surface area contributed by atoms with Gasteiger partial charge in [0.05, 0.1) is 33.8 Å². The summed E-state index contributed by atoms with van der Waals surface area (Å²) < 4.78 is 30.7. The van der Waals surface area contributed by atoms with Crippen molar-refractivity contribution in [1.82, 2.24) is 5.32 Å². The largest absolute Gasteiger partial charge is 0.472 e. The second-order valence-electron chi connectivity index (χ2n) is 23.6. The molecule has 0 saturated carbocycles. The van der Waals surface area contributed by atoms with Crippen molar-refractivity contribution in [3.05, 3.63) is 85.1 Å². The van der Waals surface area contributed by atoms with E-state index in [-0.39, 0.29) is 31.5 Å². The minimum atomic E-state index is -4.46. The highest BCUT2D eigenvalue weighted by molar-refractivity contribution is 7.47. The smallest absolute Gasteiger partial charge is 0.456 e. The van der Waals surface area contributed by atoms with Gasteiger partial charge < -0.3 is 19.4 Å². The Hall–Kier alpha value is -2.81. The van der Waals surface area contributed by atoms with Crippen molar-refractivity contribution in [2.75, 3.05) is 40.9 Å². The molecule has 3 atom stereocenters. The fraction of sp³-hybridized carbons (Fsp3) is 0.771. The Balaban J connectivity index is 5.09. The number of likely N-dealkylation sites (N-methyl/N-ethyl adjacent to an activating group) is 1. The summed E-state index contributed by atoms with van der Waals surface area (Å²) in [5, 5.41) is 3.06. The summed E-state index contributed by atoms with van der Waals surface area (Å²) in [4.78, 5) is 37.8. The minimum absolute atomic E-state index is 0.0357. The Morgan fingerprint density at radius 2 is 0.800 bits per heavy atom. The van der Waals surface area contributed by atoms with Crippen molar-refractivity contribution in [3.63, 3.8) is 0 Å². The number of hydrogen-bond donors (Lipinski definition) is 2. The third kappa shape index (κ3) is 59.8. The summed E-state index contributed by atoms with van der Waals surface area (Å²) >= 11 is 0. The van der Waals surface area contributed by atoms with Crippen molar-refractivity contribution in [2.45, 2.75) is 309 Å². The van der Waals surface area contributed by atoms with E-state index < -0.39 is 20.0 Å². The van der Waals surface area contributed by atoms with Gasteiger partial charge in [0.2, 0.25) is 5.91 Å². The molecule has 0 heterocycles. The first kappa shape index (κ1) is 77.2. The fourth-order valence-electron chi connectivity index (χ4n) is 9.43. The molecule has 0 aliphatic carbocycles. The maximum atomic E-state index is 13.6. The molecule has 80 heavy (non-hydrogen) atoms. The number of hydrogen-bond acceptors (Lipinski definition) is 6. The van der Waals surface area contributed by atoms with Crippen LogP contribution >= 0.6 is 7.82 Å². The number of nitrogens with one attached hydrogen (secondary N) is 1. The first-order chi connectivity index (χ1) is 38.9. The van der Waals surface area contributed by atoms with Gasteiger partial charge in [-0.15, -0.1) is 0 Å². The standard InChI is InChI=1S/C70H127N2O7P/c1-7-10-13-16-19-22-25-28-30-31-32-33-34-35-36-37-38-39-40-41-42-44-47-50-53-56-59-62-69(73)71-67(66-78-80(75,76)77-65-64-72(4,5)6)68(61-58-55-52-49-46-43-27-24-21-18-15-12-9-3)79-70(74)63-60-57-54-51-48-45-29-26-23-20-17-14-11-8-2/h11,14,19-20,22-23,28,30,32-33,35-36,58,61,67-68H,7-10,12-13,15-18,21,24-27,29,31,34,37-57,59-60,62-66H2,1-6H3,(H-,71,73,75,76)/p+1/b14-11+,22-19-,23-20+,30-28-,33-32-,36-35-,61-58-. The van der Waals surface area contributed by atoms with Crippen molar-refractivity contribution in [2.24, 2.45) is 0 Å². The van der Waals surface area contributed by atoms with Crippen LogP contribution in [0.5, 0.6) is 0 Å². The summed E-state index contributed by atoms with van der Waals surface area (Å²) in [6, 6.07) is -0.857. The van der Waals surface area contributed by atoms with Crippen LogP contribution in [0.25, 0.3) is 0 Å². The van der Waals surface area contributed by atoms with Gasteiger partial charge >= 0.3 is 13.8 Å². The molecule has 464 valence electrons. The van der Waals surface area contributed by atoms with Gasteiger partial charge in [-0.1, -0.05) is 267 Å². The number of allylic oxidation sites excluding steroid dienone is 13. The number of phosphoric acid groups is 1. The second-order valence-corrected chi connectivity index (χ2v) is 25.1. The molecule has 1 amide bonds. The lowest BCUT2D eigenvalue weighted by molar-refractivity contribution is -0.870. The molecule has 0 saturated heterocycles. The van der Waals surface area contributed by atoms with Crippen LogP contribution in [0.2, 0.25) is 0 Å². The molecule has 0 radical (unpaired) electrons. The number of carbonyl (C=O) groups excluding carboxylic acids is 2. The zero-order valence-corrected chi connectivity index (χ0v) is 54.0. The van der Waals surface area contributed by atoms with E-state index in [2.05, 4.69) is 99.0 Å². The number of esters is 1. The van der Waals surface area contributed by atoms with Crippen LogP contribution in [0.4, 0.5) is 0 Å². The number of amides is 1. The Kier molecular flexibility index (Phi) is 57.3. The van der Waals surface area contributed by atoms with E-state index >= 15 is 0 Å². The van der Waals surface area contributed by atoms with Gasteiger partial charge in [-0.05, 0) is 102 Å². The van der Waals surface area contributed by atoms with Gasteiger partial charge in [-0.2, -0.15) is 0 Å². The Morgan fingerprint density at radius 1 is 0.450 bits per heavy atom. The number of rotatable bonds is 60. The molecule has 9 nitrogen and oxygen atoms in total. The number of phosphoric ester groups is 1. The van der Waals surface area contributed by atoms with Crippen LogP contribution in [-0.2, 0) is 27.9 Å². The van der Waals surface area contributed by atoms with Crippen LogP contribution < -0.4 is 5.32 Å². The molecule has 10 heteroatoms. The molecule has 3 unspecified atom stereocenters. The fourth-order valence-corrected chi connectivity index (χ4v) is 10.2. The van der Waals surface area contributed by atoms with Gasteiger partial charge in [0.1, 0.15) is 19.3 Å². The lowest BCUT2D eigenvalue weighted by Gasteiger charge is -2.27. The van der Waals surface area contributed by atoms with Gasteiger partial charge in [0.15, 0.2) is 0 Å². The monoisotopic (exact) mass is 1140 g/mol. The van der Waals surface area contributed by atoms with Gasteiger partial charge in [0, 0.05) is 12.8 Å². The predicted molar refractivity (Wildman–Crippen MR) is 346 cm³/mol. The molecular weight excluding hydrogens is 1010 g/mol. The van der Waals surface area contributed by atoms with E-state index in [1.807, 2.05) is 33.3 Å². The molecule has 2 N–H and O–H groups in total. The van der Waals surface area contributed by atoms with E-state index in [9.17, 15) is 19.0 Å². The quantitative estimate of drug-likeness (QED) is 0.0205. The predicted octanol–water partition coefficient (Wildman–Crippen LogP) is 21.0. The van der Waals surface area contributed by atoms with Gasteiger partial charge in [0.25, 0.3) is 0 Å². The topological polar surface area (TPSA) is 111 Å². The normalized spacial score (nSPS) is 14.1. The lowest BCUT2D eigenvalue weighted by Crippen LogP contribution is -2.47. The lowest BCUT2D eigenvalue weighted by atomic mass is 10.0. The Labute approximate surface area is 495 Å². The van der Waals surface area contributed by atoms with Crippen LogP contribution in [0.1, 0.15) is 297 Å². The van der Waals surface area contributed by atoms with Crippen molar-refractivity contribution < 1.29 is 37.3 Å². The van der Waals surface area contributed by atoms with Crippen LogP contribution in [0.15, 0.2) is 85.1 Å². The van der Waals surface area contributed by atoms with Crippen LogP contribution in [-0.4, -0.2) is 74.3 Å². The first-order valence-electron chi connectivity index (χ1n) is 33.4. The number of carbonyl (C=O) groups is 2. The molecule has 0 bridgehead atoms. The summed E-state index contributed by atoms with van der Waals surface area (Å²) in [6.45, 7) is 6.89. The average molecular weight is 1140 g/mol. The number of nitrogens with zero attached hydrogens (tertiary/aromatic N) is 1. The van der Waals surface area contributed by atoms with E-state index in [0.29, 0.717) is 17.4 Å². The zero-order chi connectivity index (χ0) is 58.6. The maximum Gasteiger partial charge on any atom is 0.472 e. The van der Waals surface area contributed by atoms with Crippen molar-refractivity contribution in [3.8, 4) is 0 Å². The first-order valence-corrected chi connectivity index (χ1v) is 34.9. The van der Waals surface area contributed by atoms with E-state index in [1.54, 1.807) is 0 Å². The van der Waals surface area contributed by atoms with Crippen LogP contribution in [0.3, 0.4) is 0 Å². The highest BCUT2D eigenvalue weighted by Crippen LogP contribution is 2.43. The summed E-state index contributed by atoms with van der Waals surface area (Å²) in [7, 11) is 1.49. The van der Waals surface area contributed by atoms with Crippen molar-refractivity contribution >= 4 is 19.7 Å². The minimum Gasteiger partial charge on any atom is -0.456 e. The van der Waals surface area contributed by atoms with Gasteiger partial charge in [-0.3, -0.25) is 18.6 Å². The van der Waals surface area contributed by atoms with E-state index in [4.69, 9.17) is 13.8 Å². The SMILES string of the molecule is CC/C=C/C/C=C/CCCCCCCCCC(=O)OC(/C=C\CCCCCCCCCCCCC)C(COP(=O)(O)OCC[N+](C)(C)C)NC(=O)CCCCCCCCCCCCC/C=C\C/C=C\C/C=C\C/C=C\CCCCC. The highest BCUT2D eigenvalue weighted by atomic mass is 31.2. The molecule has 0 aliphatic heterocycles. The highest BCUT2D eigenvalue weighted by Gasteiger charge is 2.30. The molecule has 0 aromatic carbocycles. The van der Waals surface area contributed by atoms with Crippen LogP contribution in [0, 0.1) is 0 Å². The maximum absolute atomic E-state index is 13.6. The molecule has 0 aromatic heterocycles. The molecule has 0 spiro atoms. The molecule has 0 aromatic rings. The third-order valence-corrected chi connectivity index (χ3v) is 15.6. The van der Waals surface area contributed by atoms with E-state index in [0.717, 1.165) is 103 Å². The third-order valence-electron chi connectivity index (χ3n) is 14.6. The Morgan fingerprint density at radius 3 is 1.23 bits per heavy atom. The number of quaternary nitrogens is 1. The molecule has 0 fully saturated rings. The summed E-state index contributed by atoms with van der Waals surface area (Å²) in [5.41, 5.74) is 0.